The maximum atomic E-state index is 12.7. The Hall–Kier alpha value is -1.67. The molecule has 0 aromatic heterocycles. The molecular weight excluding hydrogens is 289 g/mol. The Morgan fingerprint density at radius 3 is 2.50 bits per heavy atom. The molecule has 1 aliphatic carbocycles. The molecule has 20 heavy (non-hydrogen) atoms. The van der Waals surface area contributed by atoms with Crippen LogP contribution in [-0.2, 0) is 14.8 Å². The molecule has 1 aliphatic rings. The van der Waals surface area contributed by atoms with Crippen LogP contribution in [0.25, 0.3) is 0 Å². The SMILES string of the molecule is O=C(O)C(CNS(=O)(=O)C1CC1)Oc1ccc(F)cc1. The Morgan fingerprint density at radius 1 is 1.40 bits per heavy atom. The Kier molecular flexibility index (Phi) is 4.24. The van der Waals surface area contributed by atoms with Gasteiger partial charge < -0.3 is 9.84 Å². The molecule has 1 saturated carbocycles. The summed E-state index contributed by atoms with van der Waals surface area (Å²) in [5.74, 6) is -1.61. The molecule has 0 aliphatic heterocycles. The third-order valence-corrected chi connectivity index (χ3v) is 4.72. The van der Waals surface area contributed by atoms with Gasteiger partial charge in [0.1, 0.15) is 11.6 Å². The molecule has 0 bridgehead atoms. The fourth-order valence-electron chi connectivity index (χ4n) is 1.54. The Labute approximate surface area is 115 Å². The number of benzene rings is 1. The van der Waals surface area contributed by atoms with Crippen molar-refractivity contribution in [3.63, 3.8) is 0 Å². The lowest BCUT2D eigenvalue weighted by molar-refractivity contribution is -0.144. The molecule has 8 heteroatoms. The average Bonchev–Trinajstić information content (AvgIpc) is 3.21. The van der Waals surface area contributed by atoms with Crippen molar-refractivity contribution in [2.75, 3.05) is 6.54 Å². The summed E-state index contributed by atoms with van der Waals surface area (Å²) in [6.45, 7) is -0.370. The van der Waals surface area contributed by atoms with Crippen LogP contribution in [0.5, 0.6) is 5.75 Å². The van der Waals surface area contributed by atoms with Crippen LogP contribution in [0.4, 0.5) is 4.39 Å². The number of halogens is 1. The van der Waals surface area contributed by atoms with E-state index in [1.165, 1.54) is 12.1 Å². The molecule has 1 fully saturated rings. The first kappa shape index (κ1) is 14.7. The summed E-state index contributed by atoms with van der Waals surface area (Å²) in [7, 11) is -3.47. The average molecular weight is 303 g/mol. The summed E-state index contributed by atoms with van der Waals surface area (Å²) in [5, 5.41) is 8.58. The molecule has 1 aromatic carbocycles. The van der Waals surface area contributed by atoms with Crippen LogP contribution in [0.2, 0.25) is 0 Å². The second-order valence-electron chi connectivity index (χ2n) is 4.49. The van der Waals surface area contributed by atoms with Crippen LogP contribution in [0.1, 0.15) is 12.8 Å². The van der Waals surface area contributed by atoms with E-state index in [-0.39, 0.29) is 12.3 Å². The van der Waals surface area contributed by atoms with Gasteiger partial charge in [-0.15, -0.1) is 0 Å². The van der Waals surface area contributed by atoms with Crippen LogP contribution in [0, 0.1) is 5.82 Å². The summed E-state index contributed by atoms with van der Waals surface area (Å²) in [4.78, 5) is 11.0. The van der Waals surface area contributed by atoms with Gasteiger partial charge in [-0.25, -0.2) is 22.3 Å². The quantitative estimate of drug-likeness (QED) is 0.775. The Bertz CT molecular complexity index is 582. The van der Waals surface area contributed by atoms with Gasteiger partial charge in [-0.2, -0.15) is 0 Å². The van der Waals surface area contributed by atoms with E-state index in [2.05, 4.69) is 4.72 Å². The first-order valence-corrected chi connectivity index (χ1v) is 7.56. The molecule has 1 aromatic rings. The molecule has 1 atom stereocenters. The molecule has 0 heterocycles. The van der Waals surface area contributed by atoms with Crippen molar-refractivity contribution in [1.29, 1.82) is 0 Å². The molecular formula is C12H14FNO5S. The van der Waals surface area contributed by atoms with Gasteiger partial charge in [0.15, 0.2) is 0 Å². The lowest BCUT2D eigenvalue weighted by atomic mass is 10.3. The lowest BCUT2D eigenvalue weighted by Gasteiger charge is -2.15. The van der Waals surface area contributed by atoms with Crippen molar-refractivity contribution in [3.05, 3.63) is 30.1 Å². The van der Waals surface area contributed by atoms with Crippen molar-refractivity contribution in [2.45, 2.75) is 24.2 Å². The highest BCUT2D eigenvalue weighted by Gasteiger charge is 2.36. The zero-order valence-electron chi connectivity index (χ0n) is 10.5. The van der Waals surface area contributed by atoms with E-state index in [9.17, 15) is 17.6 Å². The molecule has 2 N–H and O–H groups in total. The summed E-state index contributed by atoms with van der Waals surface area (Å²) in [6, 6.07) is 4.81. The highest BCUT2D eigenvalue weighted by Crippen LogP contribution is 2.27. The topological polar surface area (TPSA) is 92.7 Å². The first-order chi connectivity index (χ1) is 9.38. The summed E-state index contributed by atoms with van der Waals surface area (Å²) >= 11 is 0. The normalized spacial score (nSPS) is 16.6. The lowest BCUT2D eigenvalue weighted by Crippen LogP contribution is -2.41. The number of carboxylic acid groups (broad SMARTS) is 1. The summed E-state index contributed by atoms with van der Waals surface area (Å²) < 4.78 is 43.3. The number of nitrogens with one attached hydrogen (secondary N) is 1. The van der Waals surface area contributed by atoms with E-state index in [1.54, 1.807) is 0 Å². The third-order valence-electron chi connectivity index (χ3n) is 2.80. The minimum absolute atomic E-state index is 0.157. The van der Waals surface area contributed by atoms with Gasteiger partial charge in [-0.05, 0) is 37.1 Å². The van der Waals surface area contributed by atoms with Crippen LogP contribution in [-0.4, -0.2) is 37.4 Å². The van der Waals surface area contributed by atoms with Crippen molar-refractivity contribution >= 4 is 16.0 Å². The maximum absolute atomic E-state index is 12.7. The van der Waals surface area contributed by atoms with Crippen molar-refractivity contribution in [3.8, 4) is 5.75 Å². The smallest absolute Gasteiger partial charge is 0.346 e. The second-order valence-corrected chi connectivity index (χ2v) is 6.54. The number of carboxylic acids is 1. The third kappa shape index (κ3) is 3.91. The van der Waals surface area contributed by atoms with E-state index in [1.807, 2.05) is 0 Å². The van der Waals surface area contributed by atoms with Gasteiger partial charge in [-0.3, -0.25) is 0 Å². The summed E-state index contributed by atoms with van der Waals surface area (Å²) in [5.41, 5.74) is 0. The number of hydrogen-bond acceptors (Lipinski definition) is 4. The van der Waals surface area contributed by atoms with E-state index in [0.29, 0.717) is 12.8 Å². The van der Waals surface area contributed by atoms with E-state index in [4.69, 9.17) is 9.84 Å². The maximum Gasteiger partial charge on any atom is 0.346 e. The van der Waals surface area contributed by atoms with Crippen LogP contribution in [0.15, 0.2) is 24.3 Å². The fraction of sp³-hybridized carbons (Fsp3) is 0.417. The molecule has 0 spiro atoms. The largest absolute Gasteiger partial charge is 0.478 e. The number of hydrogen-bond donors (Lipinski definition) is 2. The number of rotatable bonds is 7. The predicted octanol–water partition coefficient (Wildman–Crippen LogP) is 0.740. The number of sulfonamides is 1. The standard InChI is InChI=1S/C12H14FNO5S/c13-8-1-3-9(4-2-8)19-11(12(15)16)7-14-20(17,18)10-5-6-10/h1-4,10-11,14H,5-7H2,(H,15,16). The molecule has 2 rings (SSSR count). The van der Waals surface area contributed by atoms with Crippen LogP contribution >= 0.6 is 0 Å². The van der Waals surface area contributed by atoms with Crippen LogP contribution in [0.3, 0.4) is 0 Å². The van der Waals surface area contributed by atoms with Crippen LogP contribution < -0.4 is 9.46 Å². The summed E-state index contributed by atoms with van der Waals surface area (Å²) in [6.07, 6.45) is -0.188. The fourth-order valence-corrected chi connectivity index (χ4v) is 2.92. The van der Waals surface area contributed by atoms with E-state index >= 15 is 0 Å². The molecule has 1 unspecified atom stereocenters. The van der Waals surface area contributed by atoms with Gasteiger partial charge >= 0.3 is 5.97 Å². The van der Waals surface area contributed by atoms with Gasteiger partial charge in [0.05, 0.1) is 11.8 Å². The molecule has 0 amide bonds. The number of aliphatic carboxylic acids is 1. The number of carbonyl (C=O) groups is 1. The minimum Gasteiger partial charge on any atom is -0.478 e. The van der Waals surface area contributed by atoms with Crippen molar-refractivity contribution in [1.82, 2.24) is 4.72 Å². The first-order valence-electron chi connectivity index (χ1n) is 6.02. The van der Waals surface area contributed by atoms with Crippen molar-refractivity contribution in [2.24, 2.45) is 0 Å². The van der Waals surface area contributed by atoms with Gasteiger partial charge in [-0.1, -0.05) is 0 Å². The van der Waals surface area contributed by atoms with Gasteiger partial charge in [0.25, 0.3) is 0 Å². The minimum atomic E-state index is -3.47. The van der Waals surface area contributed by atoms with E-state index in [0.717, 1.165) is 12.1 Å². The molecule has 110 valence electrons. The molecule has 6 nitrogen and oxygen atoms in total. The molecule has 0 radical (unpaired) electrons. The van der Waals surface area contributed by atoms with Gasteiger partial charge in [0.2, 0.25) is 16.1 Å². The highest BCUT2D eigenvalue weighted by atomic mass is 32.2. The van der Waals surface area contributed by atoms with Crippen molar-refractivity contribution < 1.29 is 27.4 Å². The monoisotopic (exact) mass is 303 g/mol. The Morgan fingerprint density at radius 2 is 2.00 bits per heavy atom. The zero-order valence-corrected chi connectivity index (χ0v) is 11.3. The van der Waals surface area contributed by atoms with Gasteiger partial charge in [0, 0.05) is 0 Å². The second kappa shape index (κ2) is 5.76. The highest BCUT2D eigenvalue weighted by molar-refractivity contribution is 7.90. The Balaban J connectivity index is 1.96. The number of ether oxygens (including phenoxy) is 1. The molecule has 0 saturated heterocycles. The predicted molar refractivity (Wildman–Crippen MR) is 68.4 cm³/mol. The van der Waals surface area contributed by atoms with E-state index < -0.39 is 33.2 Å². The zero-order chi connectivity index (χ0) is 14.8.